The number of aromatic carboxylic acids is 1. The van der Waals surface area contributed by atoms with Crippen LogP contribution in [-0.4, -0.2) is 35.9 Å². The summed E-state index contributed by atoms with van der Waals surface area (Å²) in [6.07, 6.45) is 0. The van der Waals surface area contributed by atoms with Gasteiger partial charge in [0.05, 0.1) is 12.2 Å². The fraction of sp³-hybridized carbons (Fsp3) is 0.538. The molecule has 1 heterocycles. The molecule has 0 atom stereocenters. The van der Waals surface area contributed by atoms with E-state index < -0.39 is 5.97 Å². The van der Waals surface area contributed by atoms with E-state index in [9.17, 15) is 4.79 Å². The van der Waals surface area contributed by atoms with Crippen molar-refractivity contribution < 1.29 is 19.4 Å². The molecule has 5 nitrogen and oxygen atoms in total. The van der Waals surface area contributed by atoms with Crippen LogP contribution < -0.4 is 4.74 Å². The van der Waals surface area contributed by atoms with Gasteiger partial charge in [-0.2, -0.15) is 0 Å². The van der Waals surface area contributed by atoms with E-state index in [1.165, 1.54) is 12.1 Å². The minimum absolute atomic E-state index is 0.181. The van der Waals surface area contributed by atoms with E-state index in [-0.39, 0.29) is 5.56 Å². The number of ether oxygens (including phenoxy) is 2. The molecule has 1 N–H and O–H groups in total. The number of carbonyl (C=O) groups is 1. The normalized spacial score (nSPS) is 10.7. The number of aromatic nitrogens is 1. The topological polar surface area (TPSA) is 68.7 Å². The van der Waals surface area contributed by atoms with Crippen LogP contribution in [0.15, 0.2) is 12.1 Å². The Balaban J connectivity index is 2.44. The fourth-order valence-corrected chi connectivity index (χ4v) is 1.36. The lowest BCUT2D eigenvalue weighted by Crippen LogP contribution is -2.11. The smallest absolute Gasteiger partial charge is 0.335 e. The predicted molar refractivity (Wildman–Crippen MR) is 67.1 cm³/mol. The first-order valence-corrected chi connectivity index (χ1v) is 5.91. The van der Waals surface area contributed by atoms with Gasteiger partial charge in [0.1, 0.15) is 6.61 Å². The van der Waals surface area contributed by atoms with Gasteiger partial charge in [0.25, 0.3) is 0 Å². The van der Waals surface area contributed by atoms with E-state index in [1.54, 1.807) is 6.92 Å². The van der Waals surface area contributed by atoms with Crippen LogP contribution in [0.1, 0.15) is 29.9 Å². The molecule has 0 unspecified atom stereocenters. The number of aryl methyl sites for hydroxylation is 1. The van der Waals surface area contributed by atoms with Crippen molar-refractivity contribution in [3.8, 4) is 5.88 Å². The molecule has 0 aliphatic heterocycles. The summed E-state index contributed by atoms with van der Waals surface area (Å²) in [4.78, 5) is 15.0. The Kier molecular flexibility index (Phi) is 5.58. The van der Waals surface area contributed by atoms with Crippen molar-refractivity contribution in [1.29, 1.82) is 0 Å². The Bertz CT molecular complexity index is 404. The van der Waals surface area contributed by atoms with Crippen molar-refractivity contribution in [3.63, 3.8) is 0 Å². The zero-order valence-electron chi connectivity index (χ0n) is 11.0. The lowest BCUT2D eigenvalue weighted by atomic mass is 10.2. The lowest BCUT2D eigenvalue weighted by molar-refractivity contribution is 0.0694. The van der Waals surface area contributed by atoms with E-state index in [2.05, 4.69) is 18.8 Å². The SMILES string of the molecule is Cc1cc(C(=O)O)cc(OCCOCC(C)C)n1. The van der Waals surface area contributed by atoms with Gasteiger partial charge in [-0.25, -0.2) is 9.78 Å². The molecule has 0 saturated carbocycles. The molecule has 18 heavy (non-hydrogen) atoms. The molecule has 0 fully saturated rings. The molecular formula is C13H19NO4. The van der Waals surface area contributed by atoms with Crippen molar-refractivity contribution in [3.05, 3.63) is 23.4 Å². The highest BCUT2D eigenvalue weighted by atomic mass is 16.5. The van der Waals surface area contributed by atoms with Crippen LogP contribution >= 0.6 is 0 Å². The third-order valence-corrected chi connectivity index (χ3v) is 2.11. The summed E-state index contributed by atoms with van der Waals surface area (Å²) in [5, 5.41) is 8.90. The van der Waals surface area contributed by atoms with Gasteiger partial charge in [-0.05, 0) is 18.9 Å². The van der Waals surface area contributed by atoms with E-state index in [0.29, 0.717) is 37.3 Å². The summed E-state index contributed by atoms with van der Waals surface area (Å²) in [5.41, 5.74) is 0.800. The molecule has 0 saturated heterocycles. The van der Waals surface area contributed by atoms with Gasteiger partial charge in [0, 0.05) is 18.4 Å². The molecule has 5 heteroatoms. The van der Waals surface area contributed by atoms with Crippen LogP contribution in [0, 0.1) is 12.8 Å². The van der Waals surface area contributed by atoms with Crippen LogP contribution in [0.3, 0.4) is 0 Å². The second kappa shape index (κ2) is 6.96. The average molecular weight is 253 g/mol. The largest absolute Gasteiger partial charge is 0.478 e. The van der Waals surface area contributed by atoms with Gasteiger partial charge < -0.3 is 14.6 Å². The van der Waals surface area contributed by atoms with Crippen LogP contribution in [0.25, 0.3) is 0 Å². The molecule has 0 spiro atoms. The minimum atomic E-state index is -0.985. The number of hydrogen-bond acceptors (Lipinski definition) is 4. The Hall–Kier alpha value is -1.62. The van der Waals surface area contributed by atoms with E-state index in [4.69, 9.17) is 14.6 Å². The van der Waals surface area contributed by atoms with E-state index in [0.717, 1.165) is 0 Å². The Labute approximate surface area is 107 Å². The Morgan fingerprint density at radius 3 is 2.72 bits per heavy atom. The summed E-state index contributed by atoms with van der Waals surface area (Å²) in [6, 6.07) is 2.92. The third kappa shape index (κ3) is 5.14. The molecule has 1 aromatic rings. The summed E-state index contributed by atoms with van der Waals surface area (Å²) < 4.78 is 10.7. The van der Waals surface area contributed by atoms with Crippen LogP contribution in [0.4, 0.5) is 0 Å². The summed E-state index contributed by atoms with van der Waals surface area (Å²) in [7, 11) is 0. The molecule has 0 amide bonds. The summed E-state index contributed by atoms with van der Waals surface area (Å²) in [6.45, 7) is 7.39. The van der Waals surface area contributed by atoms with Crippen LogP contribution in [0.2, 0.25) is 0 Å². The third-order valence-electron chi connectivity index (χ3n) is 2.11. The van der Waals surface area contributed by atoms with Crippen molar-refractivity contribution in [2.75, 3.05) is 19.8 Å². The van der Waals surface area contributed by atoms with Gasteiger partial charge >= 0.3 is 5.97 Å². The maximum absolute atomic E-state index is 10.8. The average Bonchev–Trinajstić information content (AvgIpc) is 2.27. The van der Waals surface area contributed by atoms with Gasteiger partial charge in [-0.15, -0.1) is 0 Å². The van der Waals surface area contributed by atoms with E-state index >= 15 is 0 Å². The molecule has 100 valence electrons. The zero-order valence-corrected chi connectivity index (χ0v) is 11.0. The van der Waals surface area contributed by atoms with Crippen molar-refractivity contribution in [2.45, 2.75) is 20.8 Å². The van der Waals surface area contributed by atoms with Gasteiger partial charge in [-0.1, -0.05) is 13.8 Å². The van der Waals surface area contributed by atoms with Crippen molar-refractivity contribution in [1.82, 2.24) is 4.98 Å². The minimum Gasteiger partial charge on any atom is -0.478 e. The number of hydrogen-bond donors (Lipinski definition) is 1. The van der Waals surface area contributed by atoms with Crippen LogP contribution in [-0.2, 0) is 4.74 Å². The number of rotatable bonds is 7. The molecule has 1 aromatic heterocycles. The number of carboxylic acid groups (broad SMARTS) is 1. The molecule has 0 aliphatic carbocycles. The standard InChI is InChI=1S/C13H19NO4/c1-9(2)8-17-4-5-18-12-7-11(13(15)16)6-10(3)14-12/h6-7,9H,4-5,8H2,1-3H3,(H,15,16). The quantitative estimate of drug-likeness (QED) is 0.754. The maximum atomic E-state index is 10.8. The maximum Gasteiger partial charge on any atom is 0.335 e. The Morgan fingerprint density at radius 1 is 1.39 bits per heavy atom. The number of pyridine rings is 1. The highest BCUT2D eigenvalue weighted by Crippen LogP contribution is 2.12. The first-order chi connectivity index (χ1) is 8.49. The van der Waals surface area contributed by atoms with Crippen LogP contribution in [0.5, 0.6) is 5.88 Å². The highest BCUT2D eigenvalue weighted by Gasteiger charge is 2.07. The van der Waals surface area contributed by atoms with Crippen molar-refractivity contribution in [2.24, 2.45) is 5.92 Å². The predicted octanol–water partition coefficient (Wildman–Crippen LogP) is 2.14. The van der Waals surface area contributed by atoms with Gasteiger partial charge in [-0.3, -0.25) is 0 Å². The first-order valence-electron chi connectivity index (χ1n) is 5.91. The van der Waals surface area contributed by atoms with E-state index in [1.807, 2.05) is 0 Å². The zero-order chi connectivity index (χ0) is 13.5. The molecule has 0 aromatic carbocycles. The molecule has 0 aliphatic rings. The Morgan fingerprint density at radius 2 is 2.11 bits per heavy atom. The molecular weight excluding hydrogens is 234 g/mol. The fourth-order valence-electron chi connectivity index (χ4n) is 1.36. The highest BCUT2D eigenvalue weighted by molar-refractivity contribution is 5.87. The summed E-state index contributed by atoms with van der Waals surface area (Å²) >= 11 is 0. The number of carboxylic acids is 1. The second-order valence-corrected chi connectivity index (χ2v) is 4.46. The lowest BCUT2D eigenvalue weighted by Gasteiger charge is -2.09. The van der Waals surface area contributed by atoms with Gasteiger partial charge in [0.2, 0.25) is 5.88 Å². The molecule has 0 radical (unpaired) electrons. The molecule has 0 bridgehead atoms. The van der Waals surface area contributed by atoms with Gasteiger partial charge in [0.15, 0.2) is 0 Å². The first kappa shape index (κ1) is 14.4. The summed E-state index contributed by atoms with van der Waals surface area (Å²) in [5.74, 6) is -0.178. The monoisotopic (exact) mass is 253 g/mol. The van der Waals surface area contributed by atoms with Crippen molar-refractivity contribution >= 4 is 5.97 Å². The molecule has 1 rings (SSSR count). The number of nitrogens with zero attached hydrogens (tertiary/aromatic N) is 1. The second-order valence-electron chi connectivity index (χ2n) is 4.46.